The lowest BCUT2D eigenvalue weighted by Gasteiger charge is -2.15. The van der Waals surface area contributed by atoms with E-state index in [2.05, 4.69) is 25.6 Å². The van der Waals surface area contributed by atoms with Crippen molar-refractivity contribution in [3.63, 3.8) is 0 Å². The molecule has 0 saturated heterocycles. The van der Waals surface area contributed by atoms with Crippen molar-refractivity contribution in [2.75, 3.05) is 0 Å². The van der Waals surface area contributed by atoms with Crippen molar-refractivity contribution < 1.29 is 4.79 Å². The van der Waals surface area contributed by atoms with E-state index in [-0.39, 0.29) is 17.9 Å². The van der Waals surface area contributed by atoms with Crippen LogP contribution in [0.5, 0.6) is 0 Å². The van der Waals surface area contributed by atoms with Crippen molar-refractivity contribution in [2.24, 2.45) is 0 Å². The van der Waals surface area contributed by atoms with Crippen molar-refractivity contribution in [1.29, 1.82) is 0 Å². The minimum atomic E-state index is -0.317. The van der Waals surface area contributed by atoms with Crippen LogP contribution >= 0.6 is 0 Å². The molecule has 0 bridgehead atoms. The molecule has 0 aliphatic rings. The van der Waals surface area contributed by atoms with Crippen LogP contribution in [0.25, 0.3) is 11.5 Å². The summed E-state index contributed by atoms with van der Waals surface area (Å²) < 4.78 is 3.59. The number of fused-ring (bicyclic) bond motifs is 1. The summed E-state index contributed by atoms with van der Waals surface area (Å²) in [5, 5.41) is 15.8. The Hall–Kier alpha value is -3.55. The van der Waals surface area contributed by atoms with Crippen LogP contribution in [0.15, 0.2) is 55.0 Å². The van der Waals surface area contributed by atoms with Gasteiger partial charge >= 0.3 is 0 Å². The standard InChI is InChI=1S/C20H21N7O/c1-13(2)18-15(12-22-27(18)16-8-4-6-10-21-16)20(28)23-14(3)19-25-24-17-9-5-7-11-26(17)19/h4-14H,1-3H3,(H,23,28). The van der Waals surface area contributed by atoms with Crippen molar-refractivity contribution in [3.05, 3.63) is 72.1 Å². The van der Waals surface area contributed by atoms with Gasteiger partial charge in [0, 0.05) is 12.4 Å². The molecule has 8 nitrogen and oxygen atoms in total. The van der Waals surface area contributed by atoms with Crippen LogP contribution in [0.1, 0.15) is 54.6 Å². The van der Waals surface area contributed by atoms with Crippen molar-refractivity contribution in [1.82, 2.24) is 34.7 Å². The quantitative estimate of drug-likeness (QED) is 0.579. The largest absolute Gasteiger partial charge is 0.342 e. The molecule has 1 unspecified atom stereocenters. The van der Waals surface area contributed by atoms with Crippen LogP contribution in [0.2, 0.25) is 0 Å². The van der Waals surface area contributed by atoms with Gasteiger partial charge in [0.1, 0.15) is 0 Å². The van der Waals surface area contributed by atoms with Crippen LogP contribution in [-0.4, -0.2) is 35.3 Å². The first-order chi connectivity index (χ1) is 13.6. The maximum Gasteiger partial charge on any atom is 0.255 e. The molecule has 8 heteroatoms. The highest BCUT2D eigenvalue weighted by molar-refractivity contribution is 5.95. The number of nitrogens with one attached hydrogen (secondary N) is 1. The number of hydrogen-bond donors (Lipinski definition) is 1. The number of nitrogens with zero attached hydrogens (tertiary/aromatic N) is 6. The van der Waals surface area contributed by atoms with Gasteiger partial charge in [0.2, 0.25) is 0 Å². The lowest BCUT2D eigenvalue weighted by Crippen LogP contribution is -2.29. The summed E-state index contributed by atoms with van der Waals surface area (Å²) in [6.07, 6.45) is 5.18. The Morgan fingerprint density at radius 3 is 2.64 bits per heavy atom. The number of carbonyl (C=O) groups is 1. The maximum absolute atomic E-state index is 13.0. The number of amides is 1. The van der Waals surface area contributed by atoms with E-state index in [1.165, 1.54) is 0 Å². The highest BCUT2D eigenvalue weighted by Gasteiger charge is 2.24. The average molecular weight is 375 g/mol. The lowest BCUT2D eigenvalue weighted by atomic mass is 10.0. The van der Waals surface area contributed by atoms with Gasteiger partial charge in [-0.3, -0.25) is 9.20 Å². The normalized spacial score (nSPS) is 12.4. The van der Waals surface area contributed by atoms with Gasteiger partial charge in [-0.25, -0.2) is 9.67 Å². The first kappa shape index (κ1) is 17.8. The van der Waals surface area contributed by atoms with Gasteiger partial charge in [-0.15, -0.1) is 10.2 Å². The topological polar surface area (TPSA) is 90.0 Å². The van der Waals surface area contributed by atoms with E-state index >= 15 is 0 Å². The number of aromatic nitrogens is 6. The molecule has 1 N–H and O–H groups in total. The predicted octanol–water partition coefficient (Wildman–Crippen LogP) is 2.92. The molecule has 0 radical (unpaired) electrons. The number of carbonyl (C=O) groups excluding carboxylic acids is 1. The second-order valence-electron chi connectivity index (χ2n) is 6.88. The molecular weight excluding hydrogens is 354 g/mol. The SMILES string of the molecule is CC(C)c1c(C(=O)NC(C)c2nnc3ccccn23)cnn1-c1ccccn1. The Bertz CT molecular complexity index is 1110. The Labute approximate surface area is 162 Å². The highest BCUT2D eigenvalue weighted by atomic mass is 16.1. The average Bonchev–Trinajstić information content (AvgIpc) is 3.33. The Morgan fingerprint density at radius 2 is 1.89 bits per heavy atom. The third-order valence-electron chi connectivity index (χ3n) is 4.54. The van der Waals surface area contributed by atoms with E-state index in [1.807, 2.05) is 67.8 Å². The van der Waals surface area contributed by atoms with Crippen LogP contribution in [0.4, 0.5) is 0 Å². The molecule has 4 aromatic heterocycles. The molecular formula is C20H21N7O. The summed E-state index contributed by atoms with van der Waals surface area (Å²) in [5.41, 5.74) is 2.08. The summed E-state index contributed by atoms with van der Waals surface area (Å²) in [6.45, 7) is 5.95. The number of pyridine rings is 2. The minimum absolute atomic E-state index is 0.0921. The zero-order chi connectivity index (χ0) is 19.7. The smallest absolute Gasteiger partial charge is 0.255 e. The highest BCUT2D eigenvalue weighted by Crippen LogP contribution is 2.23. The van der Waals surface area contributed by atoms with Gasteiger partial charge in [0.05, 0.1) is 23.5 Å². The molecule has 0 aromatic carbocycles. The molecule has 142 valence electrons. The van der Waals surface area contributed by atoms with E-state index in [0.717, 1.165) is 11.3 Å². The molecule has 0 aliphatic carbocycles. The second-order valence-corrected chi connectivity index (χ2v) is 6.88. The zero-order valence-corrected chi connectivity index (χ0v) is 15.9. The van der Waals surface area contributed by atoms with Gasteiger partial charge in [0.25, 0.3) is 5.91 Å². The Balaban J connectivity index is 1.64. The van der Waals surface area contributed by atoms with Crippen LogP contribution < -0.4 is 5.32 Å². The zero-order valence-electron chi connectivity index (χ0n) is 15.9. The molecule has 4 rings (SSSR count). The van der Waals surface area contributed by atoms with Crippen LogP contribution in [-0.2, 0) is 0 Å². The van der Waals surface area contributed by atoms with Crippen molar-refractivity contribution in [2.45, 2.75) is 32.7 Å². The molecule has 28 heavy (non-hydrogen) atoms. The molecule has 0 spiro atoms. The van der Waals surface area contributed by atoms with Gasteiger partial charge in [-0.2, -0.15) is 5.10 Å². The fourth-order valence-corrected chi connectivity index (χ4v) is 3.24. The number of rotatable bonds is 5. The van der Waals surface area contributed by atoms with E-state index in [0.29, 0.717) is 17.2 Å². The maximum atomic E-state index is 13.0. The van der Waals surface area contributed by atoms with Gasteiger partial charge in [-0.1, -0.05) is 26.0 Å². The molecule has 1 atom stereocenters. The third-order valence-corrected chi connectivity index (χ3v) is 4.54. The summed E-state index contributed by atoms with van der Waals surface area (Å²) in [7, 11) is 0. The fraction of sp³-hybridized carbons (Fsp3) is 0.250. The minimum Gasteiger partial charge on any atom is -0.342 e. The molecule has 1 amide bonds. The lowest BCUT2D eigenvalue weighted by molar-refractivity contribution is 0.0936. The van der Waals surface area contributed by atoms with Gasteiger partial charge in [-0.05, 0) is 37.1 Å². The molecule has 4 heterocycles. The van der Waals surface area contributed by atoms with Crippen LogP contribution in [0.3, 0.4) is 0 Å². The second kappa shape index (κ2) is 7.22. The molecule has 0 aliphatic heterocycles. The summed E-state index contributed by atoms with van der Waals surface area (Å²) in [5.74, 6) is 1.24. The van der Waals surface area contributed by atoms with Gasteiger partial charge < -0.3 is 5.32 Å². The Morgan fingerprint density at radius 1 is 1.07 bits per heavy atom. The van der Waals surface area contributed by atoms with E-state index in [9.17, 15) is 4.79 Å². The molecule has 0 fully saturated rings. The summed E-state index contributed by atoms with van der Waals surface area (Å²) in [4.78, 5) is 17.4. The van der Waals surface area contributed by atoms with Crippen molar-refractivity contribution in [3.8, 4) is 5.82 Å². The first-order valence-corrected chi connectivity index (χ1v) is 9.16. The monoisotopic (exact) mass is 375 g/mol. The van der Waals surface area contributed by atoms with E-state index < -0.39 is 0 Å². The third kappa shape index (κ3) is 3.13. The Kier molecular flexibility index (Phi) is 4.60. The van der Waals surface area contributed by atoms with E-state index in [1.54, 1.807) is 17.1 Å². The molecule has 4 aromatic rings. The summed E-state index contributed by atoms with van der Waals surface area (Å²) in [6, 6.07) is 11.0. The fourth-order valence-electron chi connectivity index (χ4n) is 3.24. The number of hydrogen-bond acceptors (Lipinski definition) is 5. The van der Waals surface area contributed by atoms with Gasteiger partial charge in [0.15, 0.2) is 17.3 Å². The molecule has 0 saturated carbocycles. The van der Waals surface area contributed by atoms with Crippen LogP contribution in [0, 0.1) is 0 Å². The summed E-state index contributed by atoms with van der Waals surface area (Å²) >= 11 is 0. The van der Waals surface area contributed by atoms with E-state index in [4.69, 9.17) is 0 Å². The predicted molar refractivity (Wildman–Crippen MR) is 104 cm³/mol. The first-order valence-electron chi connectivity index (χ1n) is 9.16. The van der Waals surface area contributed by atoms with Crippen molar-refractivity contribution >= 4 is 11.6 Å².